The first-order valence-corrected chi connectivity index (χ1v) is 3.47. The van der Waals surface area contributed by atoms with E-state index in [1.54, 1.807) is 12.1 Å². The van der Waals surface area contributed by atoms with E-state index in [0.717, 1.165) is 0 Å². The van der Waals surface area contributed by atoms with Crippen LogP contribution < -0.4 is 21.7 Å². The van der Waals surface area contributed by atoms with E-state index >= 15 is 0 Å². The molecule has 1 rings (SSSR count). The zero-order chi connectivity index (χ0) is 11.1. The van der Waals surface area contributed by atoms with Crippen molar-refractivity contribution in [3.8, 4) is 0 Å². The van der Waals surface area contributed by atoms with Crippen LogP contribution in [0.3, 0.4) is 0 Å². The van der Waals surface area contributed by atoms with Crippen LogP contribution in [-0.4, -0.2) is 11.9 Å². The van der Waals surface area contributed by atoms with Crippen molar-refractivity contribution < 1.29 is 36.9 Å². The van der Waals surface area contributed by atoms with Gasteiger partial charge in [-0.1, -0.05) is 12.1 Å². The van der Waals surface area contributed by atoms with E-state index in [0.29, 0.717) is 11.4 Å². The molecule has 1 aromatic carbocycles. The second kappa shape index (κ2) is 7.66. The molecule has 0 aliphatic rings. The fraction of sp³-hybridized carbons (Fsp3) is 0. The number of carbonyl (C=O) groups is 2. The summed E-state index contributed by atoms with van der Waals surface area (Å²) in [7, 11) is 0. The Morgan fingerprint density at radius 1 is 0.933 bits per heavy atom. The molecule has 0 radical (unpaired) electrons. The SMILES string of the molecule is Nc1ccccc1N.O=C([O-])C(=O)[O-].[Fe+2]. The largest absolute Gasteiger partial charge is 2.00 e. The van der Waals surface area contributed by atoms with Gasteiger partial charge in [-0.2, -0.15) is 0 Å². The normalized spacial score (nSPS) is 7.73. The van der Waals surface area contributed by atoms with E-state index in [1.807, 2.05) is 12.1 Å². The predicted octanol–water partition coefficient (Wildman–Crippen LogP) is -2.67. The van der Waals surface area contributed by atoms with Crippen molar-refractivity contribution >= 4 is 23.3 Å². The maximum Gasteiger partial charge on any atom is 2.00 e. The van der Waals surface area contributed by atoms with Gasteiger partial charge in [0.05, 0.1) is 23.3 Å². The third-order valence-corrected chi connectivity index (χ3v) is 1.16. The summed E-state index contributed by atoms with van der Waals surface area (Å²) in [4.78, 5) is 17.9. The van der Waals surface area contributed by atoms with E-state index in [-0.39, 0.29) is 17.1 Å². The summed E-state index contributed by atoms with van der Waals surface area (Å²) in [5.74, 6) is -4.37. The number of aliphatic carboxylic acids is 2. The number of carboxylic acids is 2. The summed E-state index contributed by atoms with van der Waals surface area (Å²) >= 11 is 0. The Labute approximate surface area is 96.4 Å². The minimum atomic E-state index is -2.19. The Bertz CT molecular complexity index is 310. The molecule has 1 aromatic rings. The molecule has 0 aliphatic carbocycles. The average molecular weight is 252 g/mol. The molecule has 0 saturated carbocycles. The molecule has 0 heterocycles. The first-order chi connectivity index (χ1) is 6.45. The molecule has 7 heteroatoms. The van der Waals surface area contributed by atoms with Gasteiger partial charge in [0.1, 0.15) is 0 Å². The summed E-state index contributed by atoms with van der Waals surface area (Å²) < 4.78 is 0. The molecule has 0 unspecified atom stereocenters. The number of anilines is 2. The molecule has 0 aliphatic heterocycles. The van der Waals surface area contributed by atoms with Crippen LogP contribution in [0.5, 0.6) is 0 Å². The Morgan fingerprint density at radius 3 is 1.33 bits per heavy atom. The maximum atomic E-state index is 8.93. The van der Waals surface area contributed by atoms with E-state index in [4.69, 9.17) is 31.3 Å². The number of nitrogens with two attached hydrogens (primary N) is 2. The first kappa shape index (κ1) is 15.7. The topological polar surface area (TPSA) is 132 Å². The van der Waals surface area contributed by atoms with Crippen molar-refractivity contribution in [2.45, 2.75) is 0 Å². The van der Waals surface area contributed by atoms with Gasteiger partial charge in [0.15, 0.2) is 0 Å². The van der Waals surface area contributed by atoms with Gasteiger partial charge in [0.2, 0.25) is 0 Å². The summed E-state index contributed by atoms with van der Waals surface area (Å²) in [5.41, 5.74) is 12.1. The van der Waals surface area contributed by atoms with Crippen molar-refractivity contribution in [3.63, 3.8) is 0 Å². The molecular formula is C8H8FeN2O4. The smallest absolute Gasteiger partial charge is 0.543 e. The fourth-order valence-corrected chi connectivity index (χ4v) is 0.511. The van der Waals surface area contributed by atoms with E-state index in [9.17, 15) is 0 Å². The van der Waals surface area contributed by atoms with Gasteiger partial charge in [-0.3, -0.25) is 0 Å². The first-order valence-electron chi connectivity index (χ1n) is 3.47. The van der Waals surface area contributed by atoms with Crippen LogP contribution >= 0.6 is 0 Å². The molecule has 15 heavy (non-hydrogen) atoms. The quantitative estimate of drug-likeness (QED) is 0.294. The fourth-order valence-electron chi connectivity index (χ4n) is 0.511. The Kier molecular flexibility index (Phi) is 8.04. The van der Waals surface area contributed by atoms with Gasteiger partial charge in [-0.05, 0) is 12.1 Å². The second-order valence-corrected chi connectivity index (χ2v) is 2.20. The molecule has 0 bridgehead atoms. The van der Waals surface area contributed by atoms with Crippen LogP contribution in [0.25, 0.3) is 0 Å². The van der Waals surface area contributed by atoms with Crippen molar-refractivity contribution in [1.82, 2.24) is 0 Å². The van der Waals surface area contributed by atoms with E-state index in [2.05, 4.69) is 0 Å². The van der Waals surface area contributed by atoms with Crippen molar-refractivity contribution in [2.24, 2.45) is 0 Å². The Morgan fingerprint density at radius 2 is 1.20 bits per heavy atom. The van der Waals surface area contributed by atoms with Crippen LogP contribution in [0, 0.1) is 0 Å². The third kappa shape index (κ3) is 7.36. The number of carbonyl (C=O) groups excluding carboxylic acids is 2. The van der Waals surface area contributed by atoms with Gasteiger partial charge in [0, 0.05) is 0 Å². The Hall–Kier alpha value is -1.72. The molecule has 0 atom stereocenters. The molecule has 0 spiro atoms. The van der Waals surface area contributed by atoms with Crippen LogP contribution in [0.15, 0.2) is 24.3 Å². The molecule has 0 aromatic heterocycles. The van der Waals surface area contributed by atoms with Gasteiger partial charge in [-0.25, -0.2) is 0 Å². The minimum absolute atomic E-state index is 0. The summed E-state index contributed by atoms with van der Waals surface area (Å²) in [5, 5.41) is 17.9. The molecule has 6 nitrogen and oxygen atoms in total. The molecule has 82 valence electrons. The molecule has 0 saturated heterocycles. The number of para-hydroxylation sites is 2. The van der Waals surface area contributed by atoms with Crippen LogP contribution in [0.2, 0.25) is 0 Å². The van der Waals surface area contributed by atoms with E-state index in [1.165, 1.54) is 0 Å². The zero-order valence-electron chi connectivity index (χ0n) is 7.45. The summed E-state index contributed by atoms with van der Waals surface area (Å²) in [6.45, 7) is 0. The molecule has 4 N–H and O–H groups in total. The number of rotatable bonds is 0. The number of carboxylic acid groups (broad SMARTS) is 2. The number of nitrogen functional groups attached to an aromatic ring is 2. The molecule has 0 fully saturated rings. The van der Waals surface area contributed by atoms with Crippen LogP contribution in [-0.2, 0) is 26.7 Å². The van der Waals surface area contributed by atoms with Gasteiger partial charge in [-0.15, -0.1) is 0 Å². The monoisotopic (exact) mass is 252 g/mol. The predicted molar refractivity (Wildman–Crippen MR) is 45.3 cm³/mol. The Balaban J connectivity index is 0. The number of benzene rings is 1. The van der Waals surface area contributed by atoms with Crippen LogP contribution in [0.1, 0.15) is 0 Å². The zero-order valence-corrected chi connectivity index (χ0v) is 8.55. The van der Waals surface area contributed by atoms with Gasteiger partial charge < -0.3 is 31.3 Å². The van der Waals surface area contributed by atoms with E-state index < -0.39 is 11.9 Å². The molecular weight excluding hydrogens is 244 g/mol. The second-order valence-electron chi connectivity index (χ2n) is 2.20. The average Bonchev–Trinajstić information content (AvgIpc) is 2.11. The maximum absolute atomic E-state index is 8.93. The van der Waals surface area contributed by atoms with Crippen molar-refractivity contribution in [1.29, 1.82) is 0 Å². The standard InChI is InChI=1S/C6H8N2.C2H2O4.Fe/c7-5-3-1-2-4-6(5)8;3-1(4)2(5)6;/h1-4H,7-8H2;(H,3,4)(H,5,6);/q;;+2/p-2. The number of hydrogen-bond donors (Lipinski definition) is 2. The third-order valence-electron chi connectivity index (χ3n) is 1.16. The van der Waals surface area contributed by atoms with Gasteiger partial charge >= 0.3 is 17.1 Å². The van der Waals surface area contributed by atoms with Gasteiger partial charge in [0.25, 0.3) is 0 Å². The number of hydrogen-bond acceptors (Lipinski definition) is 6. The van der Waals surface area contributed by atoms with Crippen molar-refractivity contribution in [2.75, 3.05) is 11.5 Å². The summed E-state index contributed by atoms with van der Waals surface area (Å²) in [6.07, 6.45) is 0. The summed E-state index contributed by atoms with van der Waals surface area (Å²) in [6, 6.07) is 7.25. The van der Waals surface area contributed by atoms with Crippen molar-refractivity contribution in [3.05, 3.63) is 24.3 Å². The minimum Gasteiger partial charge on any atom is -0.543 e. The molecule has 0 amide bonds. The van der Waals surface area contributed by atoms with Crippen LogP contribution in [0.4, 0.5) is 11.4 Å².